The van der Waals surface area contributed by atoms with Crippen molar-refractivity contribution in [3.63, 3.8) is 0 Å². The van der Waals surface area contributed by atoms with Gasteiger partial charge in [-0.15, -0.1) is 5.10 Å². The van der Waals surface area contributed by atoms with E-state index in [9.17, 15) is 14.0 Å². The fourth-order valence-corrected chi connectivity index (χ4v) is 3.61. The monoisotopic (exact) mass is 419 g/mol. The number of aromatic amines is 1. The standard InChI is InChI=1S/C22H18FN5O3/c23-18-12-15(5-6-16(18)22(30)27-7-9-31-10-8-27)28-13-20(25-26-28)17-11-14-3-1-2-4-19(14)24-21(17)29/h1-6,11-13H,7-10H2,(H,24,29). The van der Waals surface area contributed by atoms with Crippen LogP contribution in [-0.4, -0.2) is 57.1 Å². The Morgan fingerprint density at radius 1 is 1.10 bits per heavy atom. The zero-order chi connectivity index (χ0) is 21.4. The SMILES string of the molecule is O=C(c1ccc(-n2cc(-c3cc4ccccc4[nH]c3=O)nn2)cc1F)N1CCOCC1. The lowest BCUT2D eigenvalue weighted by molar-refractivity contribution is 0.0300. The molecule has 0 atom stereocenters. The van der Waals surface area contributed by atoms with Gasteiger partial charge < -0.3 is 14.6 Å². The lowest BCUT2D eigenvalue weighted by atomic mass is 10.1. The van der Waals surface area contributed by atoms with Crippen LogP contribution in [0.4, 0.5) is 4.39 Å². The van der Waals surface area contributed by atoms with Gasteiger partial charge in [0.15, 0.2) is 0 Å². The molecule has 1 N–H and O–H groups in total. The molecule has 1 aliphatic heterocycles. The number of nitrogens with one attached hydrogen (secondary N) is 1. The molecule has 5 rings (SSSR count). The Balaban J connectivity index is 1.45. The molecule has 0 aliphatic carbocycles. The van der Waals surface area contributed by atoms with Crippen molar-refractivity contribution in [2.24, 2.45) is 0 Å². The van der Waals surface area contributed by atoms with Crippen molar-refractivity contribution >= 4 is 16.8 Å². The van der Waals surface area contributed by atoms with E-state index in [2.05, 4.69) is 15.3 Å². The number of halogens is 1. The van der Waals surface area contributed by atoms with Gasteiger partial charge in [0.2, 0.25) is 0 Å². The van der Waals surface area contributed by atoms with Gasteiger partial charge in [0.1, 0.15) is 11.5 Å². The van der Waals surface area contributed by atoms with Gasteiger partial charge in [-0.3, -0.25) is 9.59 Å². The van der Waals surface area contributed by atoms with E-state index in [-0.39, 0.29) is 17.0 Å². The highest BCUT2D eigenvalue weighted by Gasteiger charge is 2.22. The maximum Gasteiger partial charge on any atom is 0.258 e. The number of H-pyrrole nitrogens is 1. The maximum absolute atomic E-state index is 14.7. The molecule has 2 aromatic carbocycles. The minimum absolute atomic E-state index is 0.00281. The van der Waals surface area contributed by atoms with Gasteiger partial charge in [0.25, 0.3) is 11.5 Å². The summed E-state index contributed by atoms with van der Waals surface area (Å²) in [6.45, 7) is 1.77. The summed E-state index contributed by atoms with van der Waals surface area (Å²) >= 11 is 0. The summed E-state index contributed by atoms with van der Waals surface area (Å²) < 4.78 is 21.3. The Bertz CT molecular complexity index is 1340. The summed E-state index contributed by atoms with van der Waals surface area (Å²) in [4.78, 5) is 29.4. The number of pyridine rings is 1. The fourth-order valence-electron chi connectivity index (χ4n) is 3.61. The molecule has 31 heavy (non-hydrogen) atoms. The number of hydrogen-bond donors (Lipinski definition) is 1. The molecule has 2 aromatic heterocycles. The Hall–Kier alpha value is -3.85. The third-order valence-electron chi connectivity index (χ3n) is 5.27. The zero-order valence-corrected chi connectivity index (χ0v) is 16.4. The summed E-state index contributed by atoms with van der Waals surface area (Å²) in [5, 5.41) is 8.96. The number of carbonyl (C=O) groups is 1. The van der Waals surface area contributed by atoms with E-state index in [1.807, 2.05) is 24.3 Å². The van der Waals surface area contributed by atoms with E-state index >= 15 is 0 Å². The van der Waals surface area contributed by atoms with Gasteiger partial charge in [-0.25, -0.2) is 9.07 Å². The number of hydrogen-bond acceptors (Lipinski definition) is 5. The third kappa shape index (κ3) is 3.59. The molecule has 1 aliphatic rings. The Labute approximate surface area is 175 Å². The van der Waals surface area contributed by atoms with E-state index in [4.69, 9.17) is 4.74 Å². The molecule has 9 heteroatoms. The fraction of sp³-hybridized carbons (Fsp3) is 0.182. The molecular formula is C22H18FN5O3. The van der Waals surface area contributed by atoms with Crippen LogP contribution in [0, 0.1) is 5.82 Å². The number of carbonyl (C=O) groups excluding carboxylic acids is 1. The maximum atomic E-state index is 14.7. The van der Waals surface area contributed by atoms with Gasteiger partial charge in [-0.2, -0.15) is 0 Å². The van der Waals surface area contributed by atoms with E-state index in [1.165, 1.54) is 16.8 Å². The number of para-hydroxylation sites is 1. The number of amides is 1. The van der Waals surface area contributed by atoms with Gasteiger partial charge in [0, 0.05) is 24.7 Å². The van der Waals surface area contributed by atoms with Gasteiger partial charge in [0.05, 0.1) is 36.2 Å². The molecule has 0 unspecified atom stereocenters. The molecule has 0 radical (unpaired) electrons. The van der Waals surface area contributed by atoms with Crippen LogP contribution in [0.1, 0.15) is 10.4 Å². The number of nitrogens with zero attached hydrogens (tertiary/aromatic N) is 4. The molecule has 1 saturated heterocycles. The van der Waals surface area contributed by atoms with E-state index in [1.54, 1.807) is 23.2 Å². The first-order chi connectivity index (χ1) is 15.1. The van der Waals surface area contributed by atoms with Gasteiger partial charge in [-0.05, 0) is 29.7 Å². The average Bonchev–Trinajstić information content (AvgIpc) is 3.29. The van der Waals surface area contributed by atoms with E-state index in [0.29, 0.717) is 43.2 Å². The summed E-state index contributed by atoms with van der Waals surface area (Å²) in [7, 11) is 0. The molecule has 4 aromatic rings. The first-order valence-corrected chi connectivity index (χ1v) is 9.82. The van der Waals surface area contributed by atoms with Crippen LogP contribution in [0.25, 0.3) is 27.8 Å². The summed E-state index contributed by atoms with van der Waals surface area (Å²) in [6.07, 6.45) is 1.55. The van der Waals surface area contributed by atoms with Crippen molar-refractivity contribution in [2.45, 2.75) is 0 Å². The van der Waals surface area contributed by atoms with Gasteiger partial charge in [-0.1, -0.05) is 23.4 Å². The molecule has 1 fully saturated rings. The number of ether oxygens (including phenoxy) is 1. The number of rotatable bonds is 3. The van der Waals surface area contributed by atoms with Crippen molar-refractivity contribution < 1.29 is 13.9 Å². The normalized spacial score (nSPS) is 14.2. The summed E-state index contributed by atoms with van der Waals surface area (Å²) in [6, 6.07) is 13.4. The first kappa shape index (κ1) is 19.1. The third-order valence-corrected chi connectivity index (χ3v) is 5.27. The van der Waals surface area contributed by atoms with E-state index in [0.717, 1.165) is 10.9 Å². The average molecular weight is 419 g/mol. The largest absolute Gasteiger partial charge is 0.378 e. The Kier molecular flexibility index (Phi) is 4.79. The topological polar surface area (TPSA) is 93.1 Å². The molecule has 1 amide bonds. The predicted molar refractivity (Wildman–Crippen MR) is 112 cm³/mol. The number of benzene rings is 2. The summed E-state index contributed by atoms with van der Waals surface area (Å²) in [5.41, 5.74) is 1.56. The van der Waals surface area contributed by atoms with Crippen molar-refractivity contribution in [1.29, 1.82) is 0 Å². The molecule has 156 valence electrons. The van der Waals surface area contributed by atoms with Crippen molar-refractivity contribution in [2.75, 3.05) is 26.3 Å². The van der Waals surface area contributed by atoms with Crippen molar-refractivity contribution in [3.05, 3.63) is 76.5 Å². The van der Waals surface area contributed by atoms with Crippen molar-refractivity contribution in [3.8, 4) is 16.9 Å². The second-order valence-electron chi connectivity index (χ2n) is 7.22. The first-order valence-electron chi connectivity index (χ1n) is 9.82. The van der Waals surface area contributed by atoms with Crippen LogP contribution in [-0.2, 0) is 4.74 Å². The minimum Gasteiger partial charge on any atom is -0.378 e. The van der Waals surface area contributed by atoms with Gasteiger partial charge >= 0.3 is 0 Å². The van der Waals surface area contributed by atoms with Crippen LogP contribution in [0.3, 0.4) is 0 Å². The lowest BCUT2D eigenvalue weighted by Crippen LogP contribution is -2.41. The summed E-state index contributed by atoms with van der Waals surface area (Å²) in [5.74, 6) is -1.01. The number of aromatic nitrogens is 4. The molecular weight excluding hydrogens is 401 g/mol. The second-order valence-corrected chi connectivity index (χ2v) is 7.22. The highest BCUT2D eigenvalue weighted by atomic mass is 19.1. The highest BCUT2D eigenvalue weighted by Crippen LogP contribution is 2.20. The highest BCUT2D eigenvalue weighted by molar-refractivity contribution is 5.94. The van der Waals surface area contributed by atoms with Crippen LogP contribution in [0.5, 0.6) is 0 Å². The number of morpholine rings is 1. The molecule has 8 nitrogen and oxygen atoms in total. The minimum atomic E-state index is -0.644. The Morgan fingerprint density at radius 2 is 1.90 bits per heavy atom. The molecule has 0 saturated carbocycles. The van der Waals surface area contributed by atoms with Crippen LogP contribution < -0.4 is 5.56 Å². The van der Waals surface area contributed by atoms with Crippen LogP contribution in [0.2, 0.25) is 0 Å². The molecule has 0 bridgehead atoms. The molecule has 0 spiro atoms. The predicted octanol–water partition coefficient (Wildman–Crippen LogP) is 2.39. The van der Waals surface area contributed by atoms with Crippen molar-refractivity contribution in [1.82, 2.24) is 24.9 Å². The second kappa shape index (κ2) is 7.77. The lowest BCUT2D eigenvalue weighted by Gasteiger charge is -2.27. The van der Waals surface area contributed by atoms with Crippen LogP contribution >= 0.6 is 0 Å². The Morgan fingerprint density at radius 3 is 2.71 bits per heavy atom. The van der Waals surface area contributed by atoms with E-state index < -0.39 is 5.82 Å². The quantitative estimate of drug-likeness (QED) is 0.550. The number of fused-ring (bicyclic) bond motifs is 1. The smallest absolute Gasteiger partial charge is 0.258 e. The van der Waals surface area contributed by atoms with Crippen LogP contribution in [0.15, 0.2) is 59.5 Å². The zero-order valence-electron chi connectivity index (χ0n) is 16.4. The molecule has 3 heterocycles.